The molecule has 4 heteroatoms. The van der Waals surface area contributed by atoms with Crippen LogP contribution in [-0.2, 0) is 0 Å². The van der Waals surface area contributed by atoms with Gasteiger partial charge in [-0.05, 0) is 65.1 Å². The summed E-state index contributed by atoms with van der Waals surface area (Å²) < 4.78 is 0. The van der Waals surface area contributed by atoms with Crippen molar-refractivity contribution in [2.75, 3.05) is 32.7 Å². The summed E-state index contributed by atoms with van der Waals surface area (Å²) in [6.07, 6.45) is 13.5. The van der Waals surface area contributed by atoms with Gasteiger partial charge >= 0.3 is 0 Å². The Hall–Kier alpha value is -0.770. The zero-order valence-corrected chi connectivity index (χ0v) is 14.6. The minimum atomic E-state index is 0.650. The lowest BCUT2D eigenvalue weighted by Crippen LogP contribution is -2.42. The predicted octanol–water partition coefficient (Wildman–Crippen LogP) is 3.14. The van der Waals surface area contributed by atoms with Crippen LogP contribution in [0.25, 0.3) is 0 Å². The zero-order valence-electron chi connectivity index (χ0n) is 14.6. The van der Waals surface area contributed by atoms with Gasteiger partial charge in [0.15, 0.2) is 5.96 Å². The van der Waals surface area contributed by atoms with Crippen LogP contribution in [0.15, 0.2) is 4.99 Å². The summed E-state index contributed by atoms with van der Waals surface area (Å²) in [5.41, 5.74) is 0. The Morgan fingerprint density at radius 1 is 1.00 bits per heavy atom. The van der Waals surface area contributed by atoms with Crippen LogP contribution in [0.1, 0.15) is 71.1 Å². The average Bonchev–Trinajstić information content (AvgIpc) is 3.05. The maximum Gasteiger partial charge on any atom is 0.191 e. The van der Waals surface area contributed by atoms with Crippen molar-refractivity contribution in [3.05, 3.63) is 0 Å². The molecule has 2 rings (SSSR count). The molecule has 4 nitrogen and oxygen atoms in total. The lowest BCUT2D eigenvalue weighted by atomic mass is 10.1. The third-order valence-corrected chi connectivity index (χ3v) is 4.89. The Kier molecular flexibility index (Phi) is 8.69. The second-order valence-corrected chi connectivity index (χ2v) is 6.85. The summed E-state index contributed by atoms with van der Waals surface area (Å²) in [6.45, 7) is 8.01. The zero-order chi connectivity index (χ0) is 15.5. The molecule has 1 saturated carbocycles. The fourth-order valence-corrected chi connectivity index (χ4v) is 3.58. The van der Waals surface area contributed by atoms with Gasteiger partial charge in [0.2, 0.25) is 0 Å². The second-order valence-electron chi connectivity index (χ2n) is 6.85. The standard InChI is InChI=1S/C18H36N4/c1-2-19-18(21-17-11-5-6-12-17)20-13-7-3-8-14-22-15-9-4-10-16-22/h17H,2-16H2,1H3,(H2,19,20,21). The number of nitrogens with one attached hydrogen (secondary N) is 2. The van der Waals surface area contributed by atoms with Crippen LogP contribution in [-0.4, -0.2) is 49.6 Å². The molecule has 1 aliphatic carbocycles. The fourth-order valence-electron chi connectivity index (χ4n) is 3.58. The van der Waals surface area contributed by atoms with E-state index in [1.165, 1.54) is 83.8 Å². The SMILES string of the molecule is CCNC(=NCCCCCN1CCCCC1)NC1CCCC1. The smallest absolute Gasteiger partial charge is 0.191 e. The van der Waals surface area contributed by atoms with Gasteiger partial charge in [-0.3, -0.25) is 4.99 Å². The molecule has 1 heterocycles. The molecule has 0 unspecified atom stereocenters. The number of unbranched alkanes of at least 4 members (excludes halogenated alkanes) is 2. The van der Waals surface area contributed by atoms with Crippen molar-refractivity contribution in [1.29, 1.82) is 0 Å². The molecule has 0 amide bonds. The van der Waals surface area contributed by atoms with Gasteiger partial charge in [-0.1, -0.05) is 25.7 Å². The third-order valence-electron chi connectivity index (χ3n) is 4.89. The van der Waals surface area contributed by atoms with Crippen LogP contribution < -0.4 is 10.6 Å². The van der Waals surface area contributed by atoms with Crippen molar-refractivity contribution in [2.45, 2.75) is 77.2 Å². The molecule has 1 saturated heterocycles. The van der Waals surface area contributed by atoms with Gasteiger partial charge < -0.3 is 15.5 Å². The van der Waals surface area contributed by atoms with Crippen molar-refractivity contribution < 1.29 is 0 Å². The molecule has 22 heavy (non-hydrogen) atoms. The van der Waals surface area contributed by atoms with Gasteiger partial charge in [-0.2, -0.15) is 0 Å². The first-order chi connectivity index (χ1) is 10.9. The highest BCUT2D eigenvalue weighted by molar-refractivity contribution is 5.80. The Bertz CT molecular complexity index is 304. The van der Waals surface area contributed by atoms with Crippen molar-refractivity contribution in [2.24, 2.45) is 4.99 Å². The molecular formula is C18H36N4. The van der Waals surface area contributed by atoms with Crippen LogP contribution >= 0.6 is 0 Å². The van der Waals surface area contributed by atoms with E-state index >= 15 is 0 Å². The normalized spacial score (nSPS) is 21.2. The summed E-state index contributed by atoms with van der Waals surface area (Å²) in [6, 6.07) is 0.650. The first-order valence-corrected chi connectivity index (χ1v) is 9.65. The summed E-state index contributed by atoms with van der Waals surface area (Å²) in [5.74, 6) is 1.03. The number of aliphatic imine (C=N–C) groups is 1. The van der Waals surface area contributed by atoms with Crippen molar-refractivity contribution >= 4 is 5.96 Å². The van der Waals surface area contributed by atoms with E-state index in [9.17, 15) is 0 Å². The van der Waals surface area contributed by atoms with Gasteiger partial charge in [0.1, 0.15) is 0 Å². The summed E-state index contributed by atoms with van der Waals surface area (Å²) in [4.78, 5) is 7.38. The molecule has 0 aromatic heterocycles. The third kappa shape index (κ3) is 6.99. The van der Waals surface area contributed by atoms with E-state index in [0.29, 0.717) is 6.04 Å². The van der Waals surface area contributed by atoms with Crippen molar-refractivity contribution in [1.82, 2.24) is 15.5 Å². The first kappa shape index (κ1) is 17.6. The second kappa shape index (κ2) is 10.9. The molecule has 128 valence electrons. The summed E-state index contributed by atoms with van der Waals surface area (Å²) >= 11 is 0. The monoisotopic (exact) mass is 308 g/mol. The van der Waals surface area contributed by atoms with E-state index in [2.05, 4.69) is 22.5 Å². The molecule has 0 aromatic rings. The van der Waals surface area contributed by atoms with Crippen LogP contribution in [0.4, 0.5) is 0 Å². The number of guanidine groups is 1. The fraction of sp³-hybridized carbons (Fsp3) is 0.944. The molecule has 0 spiro atoms. The summed E-state index contributed by atoms with van der Waals surface area (Å²) in [5, 5.41) is 6.97. The molecule has 2 N–H and O–H groups in total. The average molecular weight is 309 g/mol. The quantitative estimate of drug-likeness (QED) is 0.411. The molecule has 0 radical (unpaired) electrons. The van der Waals surface area contributed by atoms with Crippen molar-refractivity contribution in [3.8, 4) is 0 Å². The van der Waals surface area contributed by atoms with E-state index in [1.54, 1.807) is 0 Å². The number of hydrogen-bond acceptors (Lipinski definition) is 2. The molecule has 1 aliphatic heterocycles. The molecule has 0 atom stereocenters. The van der Waals surface area contributed by atoms with Crippen LogP contribution in [0.2, 0.25) is 0 Å². The lowest BCUT2D eigenvalue weighted by Gasteiger charge is -2.26. The van der Waals surface area contributed by atoms with Crippen LogP contribution in [0, 0.1) is 0 Å². The molecule has 0 bridgehead atoms. The Morgan fingerprint density at radius 2 is 1.77 bits per heavy atom. The first-order valence-electron chi connectivity index (χ1n) is 9.65. The van der Waals surface area contributed by atoms with Gasteiger partial charge in [0.25, 0.3) is 0 Å². The maximum absolute atomic E-state index is 4.74. The number of likely N-dealkylation sites (tertiary alicyclic amines) is 1. The molecule has 2 aliphatic rings. The topological polar surface area (TPSA) is 39.7 Å². The van der Waals surface area contributed by atoms with Crippen molar-refractivity contribution in [3.63, 3.8) is 0 Å². The largest absolute Gasteiger partial charge is 0.357 e. The minimum absolute atomic E-state index is 0.650. The Morgan fingerprint density at radius 3 is 2.50 bits per heavy atom. The lowest BCUT2D eigenvalue weighted by molar-refractivity contribution is 0.224. The highest BCUT2D eigenvalue weighted by atomic mass is 15.2. The predicted molar refractivity (Wildman–Crippen MR) is 95.5 cm³/mol. The van der Waals surface area contributed by atoms with E-state index in [-0.39, 0.29) is 0 Å². The molecule has 0 aromatic carbocycles. The number of hydrogen-bond donors (Lipinski definition) is 2. The van der Waals surface area contributed by atoms with E-state index in [0.717, 1.165) is 19.0 Å². The van der Waals surface area contributed by atoms with Crippen LogP contribution in [0.5, 0.6) is 0 Å². The molecular weight excluding hydrogens is 272 g/mol. The number of nitrogens with zero attached hydrogens (tertiary/aromatic N) is 2. The van der Waals surface area contributed by atoms with Gasteiger partial charge in [-0.15, -0.1) is 0 Å². The minimum Gasteiger partial charge on any atom is -0.357 e. The highest BCUT2D eigenvalue weighted by Crippen LogP contribution is 2.17. The van der Waals surface area contributed by atoms with E-state index in [1.807, 2.05) is 0 Å². The Labute approximate surface area is 137 Å². The highest BCUT2D eigenvalue weighted by Gasteiger charge is 2.15. The maximum atomic E-state index is 4.74. The number of rotatable bonds is 8. The molecule has 2 fully saturated rings. The number of piperidine rings is 1. The van der Waals surface area contributed by atoms with E-state index < -0.39 is 0 Å². The van der Waals surface area contributed by atoms with Crippen LogP contribution in [0.3, 0.4) is 0 Å². The summed E-state index contributed by atoms with van der Waals surface area (Å²) in [7, 11) is 0. The van der Waals surface area contributed by atoms with Gasteiger partial charge in [-0.25, -0.2) is 0 Å². The van der Waals surface area contributed by atoms with E-state index in [4.69, 9.17) is 4.99 Å². The Balaban J connectivity index is 1.54. The van der Waals surface area contributed by atoms with Gasteiger partial charge in [0.05, 0.1) is 0 Å². The van der Waals surface area contributed by atoms with Gasteiger partial charge in [0, 0.05) is 19.1 Å².